The number of benzene rings is 2. The molecular weight excluding hydrogens is 329 g/mol. The van der Waals surface area contributed by atoms with Crippen LogP contribution in [0.3, 0.4) is 0 Å². The Morgan fingerprint density at radius 3 is 2.44 bits per heavy atom. The molecule has 2 aromatic carbocycles. The summed E-state index contributed by atoms with van der Waals surface area (Å²) in [6.45, 7) is 0.846. The molecule has 0 saturated heterocycles. The predicted molar refractivity (Wildman–Crippen MR) is 86.3 cm³/mol. The molecule has 0 aromatic heterocycles. The van der Waals surface area contributed by atoms with Gasteiger partial charge in [0.25, 0.3) is 5.91 Å². The zero-order valence-corrected chi connectivity index (χ0v) is 13.2. The standard InChI is InChI=1S/C18H16FNO5/c19-13-4-1-11(2-5-13)14(10-17(21)22)20-18(23)12-3-6-15-16(9-12)25-8-7-24-15/h1-6,9,14H,7-8,10H2,(H,20,23)(H,21,22)/t14-/m1/s1. The van der Waals surface area contributed by atoms with Crippen LogP contribution in [0.25, 0.3) is 0 Å². The summed E-state index contributed by atoms with van der Waals surface area (Å²) in [5, 5.41) is 11.7. The van der Waals surface area contributed by atoms with E-state index in [-0.39, 0.29) is 6.42 Å². The third-order valence-corrected chi connectivity index (χ3v) is 3.76. The number of carboxylic acids is 1. The zero-order chi connectivity index (χ0) is 17.8. The highest BCUT2D eigenvalue weighted by Gasteiger charge is 2.21. The molecule has 0 bridgehead atoms. The zero-order valence-electron chi connectivity index (χ0n) is 13.2. The third kappa shape index (κ3) is 4.06. The Balaban J connectivity index is 1.80. The molecule has 25 heavy (non-hydrogen) atoms. The van der Waals surface area contributed by atoms with E-state index in [2.05, 4.69) is 5.32 Å². The van der Waals surface area contributed by atoms with Gasteiger partial charge in [-0.05, 0) is 35.9 Å². The van der Waals surface area contributed by atoms with Crippen LogP contribution in [0.5, 0.6) is 11.5 Å². The van der Waals surface area contributed by atoms with Gasteiger partial charge in [0.15, 0.2) is 11.5 Å². The number of rotatable bonds is 5. The normalized spacial score (nSPS) is 13.8. The fourth-order valence-electron chi connectivity index (χ4n) is 2.55. The van der Waals surface area contributed by atoms with Crippen LogP contribution in [0, 0.1) is 5.82 Å². The monoisotopic (exact) mass is 345 g/mol. The second-order valence-corrected chi connectivity index (χ2v) is 5.53. The van der Waals surface area contributed by atoms with Crippen molar-refractivity contribution in [3.05, 3.63) is 59.4 Å². The molecule has 2 aromatic rings. The maximum absolute atomic E-state index is 13.1. The highest BCUT2D eigenvalue weighted by molar-refractivity contribution is 5.95. The number of carbonyl (C=O) groups is 2. The largest absolute Gasteiger partial charge is 0.486 e. The van der Waals surface area contributed by atoms with E-state index >= 15 is 0 Å². The molecular formula is C18H16FNO5. The number of hydrogen-bond acceptors (Lipinski definition) is 4. The second-order valence-electron chi connectivity index (χ2n) is 5.53. The lowest BCUT2D eigenvalue weighted by molar-refractivity contribution is -0.137. The molecule has 3 rings (SSSR count). The summed E-state index contributed by atoms with van der Waals surface area (Å²) in [6, 6.07) is 9.32. The van der Waals surface area contributed by atoms with Crippen LogP contribution in [0.1, 0.15) is 28.4 Å². The van der Waals surface area contributed by atoms with E-state index in [9.17, 15) is 14.0 Å². The lowest BCUT2D eigenvalue weighted by atomic mass is 10.0. The summed E-state index contributed by atoms with van der Waals surface area (Å²) in [5.74, 6) is -0.931. The number of nitrogens with one attached hydrogen (secondary N) is 1. The number of carbonyl (C=O) groups excluding carboxylic acids is 1. The van der Waals surface area contributed by atoms with E-state index in [0.717, 1.165) is 0 Å². The molecule has 6 nitrogen and oxygen atoms in total. The van der Waals surface area contributed by atoms with Gasteiger partial charge in [0.1, 0.15) is 19.0 Å². The van der Waals surface area contributed by atoms with Crippen molar-refractivity contribution in [1.29, 1.82) is 0 Å². The molecule has 1 amide bonds. The summed E-state index contributed by atoms with van der Waals surface area (Å²) < 4.78 is 23.9. The van der Waals surface area contributed by atoms with Gasteiger partial charge in [-0.3, -0.25) is 9.59 Å². The van der Waals surface area contributed by atoms with Crippen LogP contribution in [-0.2, 0) is 4.79 Å². The average molecular weight is 345 g/mol. The number of ether oxygens (including phenoxy) is 2. The highest BCUT2D eigenvalue weighted by atomic mass is 19.1. The Morgan fingerprint density at radius 2 is 1.76 bits per heavy atom. The predicted octanol–water partition coefficient (Wildman–Crippen LogP) is 2.54. The van der Waals surface area contributed by atoms with Crippen LogP contribution in [0.2, 0.25) is 0 Å². The molecule has 0 unspecified atom stereocenters. The van der Waals surface area contributed by atoms with Crippen molar-refractivity contribution >= 4 is 11.9 Å². The van der Waals surface area contributed by atoms with Crippen LogP contribution >= 0.6 is 0 Å². The smallest absolute Gasteiger partial charge is 0.305 e. The first kappa shape index (κ1) is 16.8. The van der Waals surface area contributed by atoms with E-state index in [1.54, 1.807) is 18.2 Å². The van der Waals surface area contributed by atoms with Gasteiger partial charge in [0.05, 0.1) is 12.5 Å². The Kier molecular flexibility index (Phi) is 4.83. The second kappa shape index (κ2) is 7.21. The molecule has 0 fully saturated rings. The van der Waals surface area contributed by atoms with Crippen LogP contribution in [0.4, 0.5) is 4.39 Å². The molecule has 1 aliphatic heterocycles. The summed E-state index contributed by atoms with van der Waals surface area (Å²) in [5.41, 5.74) is 0.830. The van der Waals surface area contributed by atoms with Crippen LogP contribution in [-0.4, -0.2) is 30.2 Å². The number of amides is 1. The van der Waals surface area contributed by atoms with E-state index < -0.39 is 23.7 Å². The van der Waals surface area contributed by atoms with Crippen molar-refractivity contribution in [2.75, 3.05) is 13.2 Å². The van der Waals surface area contributed by atoms with Gasteiger partial charge in [-0.15, -0.1) is 0 Å². The van der Waals surface area contributed by atoms with Gasteiger partial charge in [-0.2, -0.15) is 0 Å². The van der Waals surface area contributed by atoms with Crippen LogP contribution < -0.4 is 14.8 Å². The molecule has 1 atom stereocenters. The van der Waals surface area contributed by atoms with Crippen LogP contribution in [0.15, 0.2) is 42.5 Å². The molecule has 1 heterocycles. The van der Waals surface area contributed by atoms with Crippen molar-refractivity contribution in [3.63, 3.8) is 0 Å². The van der Waals surface area contributed by atoms with Gasteiger partial charge < -0.3 is 19.9 Å². The average Bonchev–Trinajstić information content (AvgIpc) is 2.61. The molecule has 0 spiro atoms. The first-order chi connectivity index (χ1) is 12.0. The molecule has 2 N–H and O–H groups in total. The lowest BCUT2D eigenvalue weighted by Crippen LogP contribution is -2.30. The fraction of sp³-hybridized carbons (Fsp3) is 0.222. The minimum atomic E-state index is -1.07. The first-order valence-electron chi connectivity index (χ1n) is 7.70. The summed E-state index contributed by atoms with van der Waals surface area (Å²) in [7, 11) is 0. The van der Waals surface area contributed by atoms with Gasteiger partial charge >= 0.3 is 5.97 Å². The van der Waals surface area contributed by atoms with Gasteiger partial charge in [-0.1, -0.05) is 12.1 Å². The highest BCUT2D eigenvalue weighted by Crippen LogP contribution is 2.31. The maximum atomic E-state index is 13.1. The van der Waals surface area contributed by atoms with Crippen molar-refractivity contribution in [2.45, 2.75) is 12.5 Å². The molecule has 7 heteroatoms. The van der Waals surface area contributed by atoms with Crippen molar-refractivity contribution in [3.8, 4) is 11.5 Å². The van der Waals surface area contributed by atoms with Gasteiger partial charge in [-0.25, -0.2) is 4.39 Å². The third-order valence-electron chi connectivity index (χ3n) is 3.76. The first-order valence-corrected chi connectivity index (χ1v) is 7.70. The Morgan fingerprint density at radius 1 is 1.08 bits per heavy atom. The Hall–Kier alpha value is -3.09. The van der Waals surface area contributed by atoms with E-state index in [4.69, 9.17) is 14.6 Å². The van der Waals surface area contributed by atoms with Crippen molar-refractivity contribution in [2.24, 2.45) is 0 Å². The number of aliphatic carboxylic acids is 1. The molecule has 130 valence electrons. The number of fused-ring (bicyclic) bond motifs is 1. The number of hydrogen-bond donors (Lipinski definition) is 2. The van der Waals surface area contributed by atoms with E-state index in [1.807, 2.05) is 0 Å². The van der Waals surface area contributed by atoms with Gasteiger partial charge in [0.2, 0.25) is 0 Å². The summed E-state index contributed by atoms with van der Waals surface area (Å²) >= 11 is 0. The number of halogens is 1. The molecule has 0 radical (unpaired) electrons. The maximum Gasteiger partial charge on any atom is 0.305 e. The Bertz CT molecular complexity index is 791. The quantitative estimate of drug-likeness (QED) is 0.870. The molecule has 0 saturated carbocycles. The van der Waals surface area contributed by atoms with E-state index in [0.29, 0.717) is 35.8 Å². The number of carboxylic acid groups (broad SMARTS) is 1. The molecule has 0 aliphatic carbocycles. The van der Waals surface area contributed by atoms with Gasteiger partial charge in [0, 0.05) is 5.56 Å². The molecule has 1 aliphatic rings. The van der Waals surface area contributed by atoms with Crippen molar-refractivity contribution in [1.82, 2.24) is 5.32 Å². The minimum Gasteiger partial charge on any atom is -0.486 e. The SMILES string of the molecule is O=C(O)C[C@@H](NC(=O)c1ccc2c(c1)OCCO2)c1ccc(F)cc1. The van der Waals surface area contributed by atoms with E-state index in [1.165, 1.54) is 24.3 Å². The minimum absolute atomic E-state index is 0.318. The Labute approximate surface area is 143 Å². The fourth-order valence-corrected chi connectivity index (χ4v) is 2.55. The van der Waals surface area contributed by atoms with Crippen molar-refractivity contribution < 1.29 is 28.6 Å². The lowest BCUT2D eigenvalue weighted by Gasteiger charge is -2.20. The topological polar surface area (TPSA) is 84.9 Å². The summed E-state index contributed by atoms with van der Waals surface area (Å²) in [4.78, 5) is 23.6. The summed E-state index contributed by atoms with van der Waals surface area (Å²) in [6.07, 6.45) is -0.318.